The number of carbonyl (C=O) groups excluding carboxylic acids is 2. The number of carbonyl (C=O) groups is 2. The van der Waals surface area contributed by atoms with Crippen molar-refractivity contribution in [2.45, 2.75) is 26.4 Å². The van der Waals surface area contributed by atoms with Gasteiger partial charge in [0, 0.05) is 17.5 Å². The lowest BCUT2D eigenvalue weighted by atomic mass is 10.0. The number of ether oxygens (including phenoxy) is 2. The van der Waals surface area contributed by atoms with Crippen LogP contribution in [0.4, 0.5) is 0 Å². The van der Waals surface area contributed by atoms with Gasteiger partial charge in [-0.1, -0.05) is 55.8 Å². The summed E-state index contributed by atoms with van der Waals surface area (Å²) >= 11 is 0. The molecule has 6 nitrogen and oxygen atoms in total. The zero-order chi connectivity index (χ0) is 23.9. The number of fused-ring (bicyclic) bond motifs is 1. The Labute approximate surface area is 198 Å². The molecule has 0 spiro atoms. The monoisotopic (exact) mass is 457 g/mol. The predicted octanol–water partition coefficient (Wildman–Crippen LogP) is 6.00. The molecule has 0 aliphatic carbocycles. The lowest BCUT2D eigenvalue weighted by molar-refractivity contribution is 0.0600. The molecule has 34 heavy (non-hydrogen) atoms. The summed E-state index contributed by atoms with van der Waals surface area (Å²) in [5.41, 5.74) is 3.50. The fraction of sp³-hybridized carbons (Fsp3) is 0.214. The Morgan fingerprint density at radius 2 is 1.68 bits per heavy atom. The second-order valence-electron chi connectivity index (χ2n) is 7.91. The first-order chi connectivity index (χ1) is 16.6. The second kappa shape index (κ2) is 10.7. The molecule has 1 N–H and O–H groups in total. The van der Waals surface area contributed by atoms with E-state index in [0.717, 1.165) is 29.4 Å². The number of furan rings is 1. The number of unbranched alkanes of at least 4 members (excludes halogenated alkanes) is 1. The summed E-state index contributed by atoms with van der Waals surface area (Å²) in [7, 11) is 1.35. The average Bonchev–Trinajstić information content (AvgIpc) is 3.27. The normalized spacial score (nSPS) is 10.8. The minimum absolute atomic E-state index is 0.129. The van der Waals surface area contributed by atoms with Crippen molar-refractivity contribution in [3.05, 3.63) is 89.5 Å². The van der Waals surface area contributed by atoms with Crippen LogP contribution >= 0.6 is 0 Å². The van der Waals surface area contributed by atoms with Crippen molar-refractivity contribution in [2.75, 3.05) is 13.7 Å². The Balaban J connectivity index is 1.51. The van der Waals surface area contributed by atoms with E-state index in [4.69, 9.17) is 13.9 Å². The van der Waals surface area contributed by atoms with E-state index in [9.17, 15) is 9.59 Å². The molecule has 0 atom stereocenters. The van der Waals surface area contributed by atoms with Crippen molar-refractivity contribution >= 4 is 22.8 Å². The lowest BCUT2D eigenvalue weighted by Crippen LogP contribution is -2.24. The highest BCUT2D eigenvalue weighted by Gasteiger charge is 2.21. The molecule has 6 heteroatoms. The van der Waals surface area contributed by atoms with Gasteiger partial charge in [-0.05, 0) is 42.3 Å². The fourth-order valence-electron chi connectivity index (χ4n) is 3.67. The van der Waals surface area contributed by atoms with Gasteiger partial charge in [0.05, 0.1) is 18.2 Å². The summed E-state index contributed by atoms with van der Waals surface area (Å²) in [6.45, 7) is 3.08. The molecule has 0 saturated heterocycles. The average molecular weight is 458 g/mol. The molecule has 174 valence electrons. The molecular weight excluding hydrogens is 430 g/mol. The molecule has 0 saturated carbocycles. The highest BCUT2D eigenvalue weighted by atomic mass is 16.5. The van der Waals surface area contributed by atoms with Crippen LogP contribution in [0.5, 0.6) is 5.75 Å². The Hall–Kier alpha value is -4.06. The Kier molecular flexibility index (Phi) is 7.28. The first-order valence-electron chi connectivity index (χ1n) is 11.3. The van der Waals surface area contributed by atoms with Gasteiger partial charge >= 0.3 is 5.97 Å². The first kappa shape index (κ1) is 23.1. The number of hydrogen-bond donors (Lipinski definition) is 1. The quantitative estimate of drug-likeness (QED) is 0.247. The summed E-state index contributed by atoms with van der Waals surface area (Å²) in [6.07, 6.45) is 1.94. The minimum atomic E-state index is -0.383. The minimum Gasteiger partial charge on any atom is -0.489 e. The third-order valence-electron chi connectivity index (χ3n) is 5.54. The standard InChI is InChI=1S/C28H27NO5/c1-3-4-17-29-27(30)25-23-7-5-6-8-24(23)34-26(25)20-11-9-19(10-12-20)18-33-22-15-13-21(14-16-22)28(31)32-2/h5-16H,3-4,17-18H2,1-2H3,(H,29,30). The van der Waals surface area contributed by atoms with Crippen molar-refractivity contribution < 1.29 is 23.5 Å². The van der Waals surface area contributed by atoms with Crippen molar-refractivity contribution in [1.82, 2.24) is 5.32 Å². The number of nitrogens with one attached hydrogen (secondary N) is 1. The molecule has 0 radical (unpaired) electrons. The molecular formula is C28H27NO5. The van der Waals surface area contributed by atoms with E-state index in [1.165, 1.54) is 7.11 Å². The van der Waals surface area contributed by atoms with Crippen LogP contribution < -0.4 is 10.1 Å². The van der Waals surface area contributed by atoms with E-state index in [1.807, 2.05) is 48.5 Å². The van der Waals surface area contributed by atoms with Crippen molar-refractivity contribution in [2.24, 2.45) is 0 Å². The Bertz CT molecular complexity index is 1270. The molecule has 1 heterocycles. The summed E-state index contributed by atoms with van der Waals surface area (Å²) in [5, 5.41) is 3.81. The maximum absolute atomic E-state index is 13.0. The van der Waals surface area contributed by atoms with Gasteiger partial charge in [0.2, 0.25) is 0 Å². The number of rotatable bonds is 9. The molecule has 1 amide bonds. The van der Waals surface area contributed by atoms with E-state index in [1.54, 1.807) is 24.3 Å². The lowest BCUT2D eigenvalue weighted by Gasteiger charge is -2.08. The zero-order valence-electron chi connectivity index (χ0n) is 19.3. The summed E-state index contributed by atoms with van der Waals surface area (Å²) in [4.78, 5) is 24.5. The number of para-hydroxylation sites is 1. The Morgan fingerprint density at radius 3 is 2.38 bits per heavy atom. The van der Waals surface area contributed by atoms with E-state index < -0.39 is 0 Å². The predicted molar refractivity (Wildman–Crippen MR) is 131 cm³/mol. The maximum atomic E-state index is 13.0. The highest BCUT2D eigenvalue weighted by Crippen LogP contribution is 2.34. The zero-order valence-corrected chi connectivity index (χ0v) is 19.3. The van der Waals surface area contributed by atoms with Gasteiger partial charge in [0.15, 0.2) is 0 Å². The van der Waals surface area contributed by atoms with Crippen LogP contribution in [0.3, 0.4) is 0 Å². The molecule has 3 aromatic carbocycles. The first-order valence-corrected chi connectivity index (χ1v) is 11.3. The molecule has 0 unspecified atom stereocenters. The van der Waals surface area contributed by atoms with Crippen LogP contribution in [-0.4, -0.2) is 25.5 Å². The molecule has 0 aliphatic heterocycles. The van der Waals surface area contributed by atoms with Crippen LogP contribution in [0.25, 0.3) is 22.3 Å². The highest BCUT2D eigenvalue weighted by molar-refractivity contribution is 6.11. The number of methoxy groups -OCH3 is 1. The van der Waals surface area contributed by atoms with Gasteiger partial charge in [-0.3, -0.25) is 4.79 Å². The molecule has 0 aliphatic rings. The number of esters is 1. The second-order valence-corrected chi connectivity index (χ2v) is 7.91. The van der Waals surface area contributed by atoms with Gasteiger partial charge < -0.3 is 19.2 Å². The maximum Gasteiger partial charge on any atom is 0.337 e. The van der Waals surface area contributed by atoms with Crippen LogP contribution in [0.15, 0.2) is 77.2 Å². The van der Waals surface area contributed by atoms with Gasteiger partial charge in [0.25, 0.3) is 5.91 Å². The molecule has 1 aromatic heterocycles. The van der Waals surface area contributed by atoms with Crippen LogP contribution in [0.2, 0.25) is 0 Å². The number of amides is 1. The summed E-state index contributed by atoms with van der Waals surface area (Å²) in [6, 6.07) is 22.1. The van der Waals surface area contributed by atoms with Crippen molar-refractivity contribution in [3.8, 4) is 17.1 Å². The van der Waals surface area contributed by atoms with Crippen LogP contribution in [-0.2, 0) is 11.3 Å². The molecule has 4 rings (SSSR count). The third kappa shape index (κ3) is 5.12. The van der Waals surface area contributed by atoms with Gasteiger partial charge in [-0.15, -0.1) is 0 Å². The van der Waals surface area contributed by atoms with E-state index in [2.05, 4.69) is 12.2 Å². The van der Waals surface area contributed by atoms with Crippen molar-refractivity contribution in [3.63, 3.8) is 0 Å². The van der Waals surface area contributed by atoms with Crippen LogP contribution in [0.1, 0.15) is 46.0 Å². The Morgan fingerprint density at radius 1 is 0.941 bits per heavy atom. The molecule has 0 fully saturated rings. The summed E-state index contributed by atoms with van der Waals surface area (Å²) in [5.74, 6) is 0.698. The smallest absolute Gasteiger partial charge is 0.337 e. The van der Waals surface area contributed by atoms with Crippen LogP contribution in [0, 0.1) is 0 Å². The topological polar surface area (TPSA) is 77.8 Å². The molecule has 0 bridgehead atoms. The van der Waals surface area contributed by atoms with E-state index in [0.29, 0.717) is 41.4 Å². The number of benzene rings is 3. The number of hydrogen-bond acceptors (Lipinski definition) is 5. The van der Waals surface area contributed by atoms with E-state index >= 15 is 0 Å². The van der Waals surface area contributed by atoms with E-state index in [-0.39, 0.29) is 11.9 Å². The summed E-state index contributed by atoms with van der Waals surface area (Å²) < 4.78 is 16.6. The molecule has 4 aromatic rings. The largest absolute Gasteiger partial charge is 0.489 e. The van der Waals surface area contributed by atoms with Crippen molar-refractivity contribution in [1.29, 1.82) is 0 Å². The third-order valence-corrected chi connectivity index (χ3v) is 5.54. The van der Waals surface area contributed by atoms with Gasteiger partial charge in [0.1, 0.15) is 23.7 Å². The van der Waals surface area contributed by atoms with Gasteiger partial charge in [-0.25, -0.2) is 4.79 Å². The fourth-order valence-corrected chi connectivity index (χ4v) is 3.67. The SMILES string of the molecule is CCCCNC(=O)c1c(-c2ccc(COc3ccc(C(=O)OC)cc3)cc2)oc2ccccc12. The van der Waals surface area contributed by atoms with Gasteiger partial charge in [-0.2, -0.15) is 0 Å².